The second kappa shape index (κ2) is 7.69. The Morgan fingerprint density at radius 1 is 0.667 bits per heavy atom. The van der Waals surface area contributed by atoms with E-state index in [1.807, 2.05) is 0 Å². The number of allylic oxidation sites excluding steroid dienone is 2. The molecule has 0 heterocycles. The van der Waals surface area contributed by atoms with E-state index < -0.39 is 0 Å². The van der Waals surface area contributed by atoms with Crippen molar-refractivity contribution in [3.05, 3.63) is 19.3 Å². The molecule has 0 amide bonds. The summed E-state index contributed by atoms with van der Waals surface area (Å²) in [7, 11) is 0. The molecule has 0 aromatic heterocycles. The number of halogens is 2. The van der Waals surface area contributed by atoms with Gasteiger partial charge in [0.2, 0.25) is 0 Å². The number of ketones is 1. The molecule has 0 aromatic rings. The molecule has 0 spiro atoms. The van der Waals surface area contributed by atoms with E-state index in [0.717, 1.165) is 34.8 Å². The van der Waals surface area contributed by atoms with Crippen molar-refractivity contribution < 1.29 is 4.79 Å². The first-order valence-corrected chi connectivity index (χ1v) is 12.4. The lowest BCUT2D eigenvalue weighted by molar-refractivity contribution is -0.114. The van der Waals surface area contributed by atoms with Crippen molar-refractivity contribution in [2.24, 2.45) is 35.5 Å². The van der Waals surface area contributed by atoms with Crippen molar-refractivity contribution in [2.75, 3.05) is 0 Å². The Kier molecular flexibility index (Phi) is 5.77. The van der Waals surface area contributed by atoms with E-state index in [9.17, 15) is 4.79 Å². The highest BCUT2D eigenvalue weighted by molar-refractivity contribution is 14.1. The maximum Gasteiger partial charge on any atom is 0.186 e. The highest BCUT2D eigenvalue weighted by atomic mass is 127. The molecule has 0 aliphatic heterocycles. The Labute approximate surface area is 173 Å². The van der Waals surface area contributed by atoms with E-state index >= 15 is 0 Å². The third-order valence-electron chi connectivity index (χ3n) is 7.62. The van der Waals surface area contributed by atoms with Gasteiger partial charge in [-0.15, -0.1) is 0 Å². The summed E-state index contributed by atoms with van der Waals surface area (Å²) < 4.78 is 4.20. The van der Waals surface area contributed by atoms with Crippen molar-refractivity contribution in [1.29, 1.82) is 0 Å². The molecule has 0 aromatic carbocycles. The van der Waals surface area contributed by atoms with Gasteiger partial charge in [-0.3, -0.25) is 4.79 Å². The minimum absolute atomic E-state index is 0.382. The third kappa shape index (κ3) is 3.29. The van der Waals surface area contributed by atoms with Gasteiger partial charge in [-0.05, 0) is 69.4 Å². The van der Waals surface area contributed by atoms with Crippen LogP contribution >= 0.6 is 45.2 Å². The van der Waals surface area contributed by atoms with Crippen molar-refractivity contribution >= 4 is 51.0 Å². The number of hydrogen-bond acceptors (Lipinski definition) is 1. The molecule has 0 atom stereocenters. The zero-order chi connectivity index (χ0) is 16.7. The van der Waals surface area contributed by atoms with E-state index in [0.29, 0.717) is 17.6 Å². The van der Waals surface area contributed by atoms with Gasteiger partial charge in [-0.25, -0.2) is 0 Å². The number of carbonyl (C=O) groups is 1. The van der Waals surface area contributed by atoms with Crippen LogP contribution in [0.2, 0.25) is 0 Å². The average molecular weight is 550 g/mol. The molecule has 4 fully saturated rings. The fraction of sp³-hybridized carbons (Fsp3) is 0.762. The largest absolute Gasteiger partial charge is 0.289 e. The fourth-order valence-electron chi connectivity index (χ4n) is 5.24. The summed E-state index contributed by atoms with van der Waals surface area (Å²) in [6.07, 6.45) is 13.7. The molecular formula is C21H28I2O. The second-order valence-electron chi connectivity index (χ2n) is 8.70. The van der Waals surface area contributed by atoms with Crippen molar-refractivity contribution in [3.63, 3.8) is 0 Å². The van der Waals surface area contributed by atoms with E-state index in [2.05, 4.69) is 53.3 Å². The van der Waals surface area contributed by atoms with Crippen LogP contribution in [0.25, 0.3) is 0 Å². The Morgan fingerprint density at radius 3 is 1.29 bits per heavy atom. The van der Waals surface area contributed by atoms with E-state index in [1.165, 1.54) is 64.2 Å². The molecular weight excluding hydrogens is 522 g/mol. The number of rotatable bonds is 6. The number of carbonyl (C=O) groups excluding carboxylic acids is 1. The molecule has 4 saturated carbocycles. The number of Topliss-reactive ketones (excluding diaryl/α,β-unsaturated/α-hetero) is 1. The smallest absolute Gasteiger partial charge is 0.186 e. The van der Waals surface area contributed by atoms with Crippen molar-refractivity contribution in [3.8, 4) is 0 Å². The minimum atomic E-state index is 0.382. The summed E-state index contributed by atoms with van der Waals surface area (Å²) in [5.74, 6) is 5.29. The molecule has 4 rings (SSSR count). The molecule has 0 radical (unpaired) electrons. The van der Waals surface area contributed by atoms with Gasteiger partial charge in [0, 0.05) is 11.1 Å². The molecule has 1 nitrogen and oxygen atoms in total. The first-order valence-electron chi connectivity index (χ1n) is 9.86. The van der Waals surface area contributed by atoms with Crippen LogP contribution in [0, 0.1) is 35.5 Å². The van der Waals surface area contributed by atoms with Crippen LogP contribution in [-0.2, 0) is 4.79 Å². The monoisotopic (exact) mass is 550 g/mol. The van der Waals surface area contributed by atoms with E-state index in [-0.39, 0.29) is 0 Å². The number of hydrogen-bond donors (Lipinski definition) is 0. The Morgan fingerprint density at radius 2 is 1.04 bits per heavy atom. The lowest BCUT2D eigenvalue weighted by Crippen LogP contribution is -2.38. The maximum absolute atomic E-state index is 13.1. The molecule has 4 aliphatic rings. The summed E-state index contributed by atoms with van der Waals surface area (Å²) in [5, 5.41) is 0. The first kappa shape index (κ1) is 18.0. The van der Waals surface area contributed by atoms with Gasteiger partial charge in [0.1, 0.15) is 0 Å². The Hall–Kier alpha value is 0.610. The zero-order valence-corrected chi connectivity index (χ0v) is 18.7. The highest BCUT2D eigenvalue weighted by Gasteiger charge is 2.44. The standard InChI is InChI=1S/C21H28I2O/c22-11-19(17-7-15(8-17)13-3-1-4-13)21(24)20(12-23)18-9-16(10-18)14-5-2-6-14/h11-18H,1-10H2. The molecule has 3 heteroatoms. The van der Waals surface area contributed by atoms with Gasteiger partial charge < -0.3 is 0 Å². The van der Waals surface area contributed by atoms with Crippen molar-refractivity contribution in [2.45, 2.75) is 64.2 Å². The molecule has 0 bridgehead atoms. The minimum Gasteiger partial charge on any atom is -0.289 e. The van der Waals surface area contributed by atoms with Crippen molar-refractivity contribution in [1.82, 2.24) is 0 Å². The summed E-state index contributed by atoms with van der Waals surface area (Å²) in [6.45, 7) is 0. The molecule has 0 N–H and O–H groups in total. The lowest BCUT2D eigenvalue weighted by Gasteiger charge is -2.46. The van der Waals surface area contributed by atoms with E-state index in [1.54, 1.807) is 0 Å². The lowest BCUT2D eigenvalue weighted by atomic mass is 9.58. The van der Waals surface area contributed by atoms with Gasteiger partial charge in [-0.1, -0.05) is 83.7 Å². The first-order chi connectivity index (χ1) is 11.7. The third-order valence-corrected chi connectivity index (χ3v) is 8.96. The van der Waals surface area contributed by atoms with Crippen LogP contribution in [0.5, 0.6) is 0 Å². The van der Waals surface area contributed by atoms with Crippen LogP contribution in [0.1, 0.15) is 64.2 Å². The average Bonchev–Trinajstić information content (AvgIpc) is 2.38. The molecule has 132 valence electrons. The van der Waals surface area contributed by atoms with Crippen LogP contribution in [-0.4, -0.2) is 5.78 Å². The van der Waals surface area contributed by atoms with Gasteiger partial charge in [0.25, 0.3) is 0 Å². The highest BCUT2D eigenvalue weighted by Crippen LogP contribution is 2.52. The Balaban J connectivity index is 1.32. The molecule has 24 heavy (non-hydrogen) atoms. The quantitative estimate of drug-likeness (QED) is 0.262. The van der Waals surface area contributed by atoms with Gasteiger partial charge in [0.05, 0.1) is 0 Å². The van der Waals surface area contributed by atoms with Crippen LogP contribution < -0.4 is 0 Å². The topological polar surface area (TPSA) is 17.1 Å². The van der Waals surface area contributed by atoms with E-state index in [4.69, 9.17) is 0 Å². The summed E-state index contributed by atoms with van der Waals surface area (Å²) in [4.78, 5) is 13.1. The molecule has 0 unspecified atom stereocenters. The second-order valence-corrected chi connectivity index (χ2v) is 9.94. The van der Waals surface area contributed by atoms with Crippen LogP contribution in [0.4, 0.5) is 0 Å². The molecule has 0 saturated heterocycles. The normalized spacial score (nSPS) is 37.9. The summed E-state index contributed by atoms with van der Waals surface area (Å²) >= 11 is 4.61. The zero-order valence-electron chi connectivity index (χ0n) is 14.4. The predicted octanol–water partition coefficient (Wildman–Crippen LogP) is 6.85. The summed E-state index contributed by atoms with van der Waals surface area (Å²) in [6, 6.07) is 0. The van der Waals surface area contributed by atoms with Crippen LogP contribution in [0.15, 0.2) is 19.3 Å². The maximum atomic E-state index is 13.1. The predicted molar refractivity (Wildman–Crippen MR) is 116 cm³/mol. The van der Waals surface area contributed by atoms with Crippen LogP contribution in [0.3, 0.4) is 0 Å². The van der Waals surface area contributed by atoms with Gasteiger partial charge in [-0.2, -0.15) is 0 Å². The molecule has 4 aliphatic carbocycles. The van der Waals surface area contributed by atoms with Gasteiger partial charge >= 0.3 is 0 Å². The Bertz CT molecular complexity index is 496. The fourth-order valence-corrected chi connectivity index (χ4v) is 6.82. The SMILES string of the molecule is O=C(C(=CI)C1CC(C2CCC2)C1)C(=CI)C1CC(C2CCC2)C1. The van der Waals surface area contributed by atoms with Gasteiger partial charge in [0.15, 0.2) is 5.78 Å². The summed E-state index contributed by atoms with van der Waals surface area (Å²) in [5.41, 5.74) is 2.25.